The van der Waals surface area contributed by atoms with E-state index in [-0.39, 0.29) is 44.7 Å². The molecule has 16 heteroatoms. The molecular formula is C52H64F8N4O4. The molecule has 4 amide bonds. The highest BCUT2D eigenvalue weighted by Gasteiger charge is 2.66. The van der Waals surface area contributed by atoms with Crippen molar-refractivity contribution in [3.63, 3.8) is 0 Å². The zero-order chi connectivity index (χ0) is 49.3. The Morgan fingerprint density at radius 1 is 0.632 bits per heavy atom. The van der Waals surface area contributed by atoms with E-state index in [1.807, 2.05) is 34.6 Å². The Labute approximate surface area is 395 Å². The van der Waals surface area contributed by atoms with Gasteiger partial charge in [-0.25, -0.2) is 18.4 Å². The largest absolute Gasteiger partial charge is 0.416 e. The molecule has 2 aliphatic heterocycles. The maximum atomic E-state index is 13.8. The third-order valence-corrected chi connectivity index (χ3v) is 13.5. The number of likely N-dealkylation sites (tertiary alicyclic amines) is 2. The molecule has 372 valence electrons. The van der Waals surface area contributed by atoms with E-state index in [1.165, 1.54) is 103 Å². The van der Waals surface area contributed by atoms with Gasteiger partial charge in [-0.15, -0.1) is 0 Å². The van der Waals surface area contributed by atoms with Crippen LogP contribution >= 0.6 is 0 Å². The van der Waals surface area contributed by atoms with Gasteiger partial charge in [0.2, 0.25) is 0 Å². The van der Waals surface area contributed by atoms with Crippen LogP contribution in [-0.2, 0) is 21.8 Å². The van der Waals surface area contributed by atoms with Gasteiger partial charge >= 0.3 is 24.4 Å². The van der Waals surface area contributed by atoms with Crippen LogP contribution < -0.4 is 10.6 Å². The van der Waals surface area contributed by atoms with Crippen LogP contribution in [0.4, 0.5) is 44.7 Å². The lowest BCUT2D eigenvalue weighted by Gasteiger charge is -2.70. The molecule has 3 saturated carbocycles. The van der Waals surface area contributed by atoms with Gasteiger partial charge < -0.3 is 29.9 Å². The van der Waals surface area contributed by atoms with Crippen molar-refractivity contribution in [3.8, 4) is 0 Å². The van der Waals surface area contributed by atoms with Crippen molar-refractivity contribution in [2.24, 2.45) is 23.7 Å². The van der Waals surface area contributed by atoms with E-state index >= 15 is 0 Å². The van der Waals surface area contributed by atoms with Crippen LogP contribution in [0.5, 0.6) is 0 Å². The van der Waals surface area contributed by atoms with E-state index in [0.717, 1.165) is 36.8 Å². The third-order valence-electron chi connectivity index (χ3n) is 13.5. The van der Waals surface area contributed by atoms with Crippen LogP contribution in [0.3, 0.4) is 0 Å². The standard InChI is InChI=1S/C28H30F4N2O2.C22H24F4N2O2.C2H6.2H2/c1-16-10-18-11-19-13-27(12-16,24(18)19)33-26(35)34-14-21(15-34)36-25(17-6-8-20(29)9-7-17)22-4-2-3-5-23(22)28(30,31)32;1-21(2,3)27-20(29)28-12-16(13-28)30-19(14-8-10-15(23)11-9-14)17-6-4-5-7-18(17)22(24,25)26;1-2;;/h2-9,16,18-19,21,24-25H,10-15H2,1H3,(H,33,35);4-11,16,19H,12-13H2,1-3H3,(H,27,29);1-2H3;2*1H. The number of alkyl halides is 6. The summed E-state index contributed by atoms with van der Waals surface area (Å²) in [6.45, 7) is 13.0. The average Bonchev–Trinajstić information content (AvgIpc) is 3.22. The van der Waals surface area contributed by atoms with Crippen LogP contribution in [0, 0.1) is 35.3 Å². The van der Waals surface area contributed by atoms with Gasteiger partial charge in [-0.3, -0.25) is 0 Å². The average molecular weight is 961 g/mol. The summed E-state index contributed by atoms with van der Waals surface area (Å²) in [6.07, 6.45) is -7.42. The highest BCUT2D eigenvalue weighted by molar-refractivity contribution is 5.77. The first-order valence-electron chi connectivity index (χ1n) is 23.3. The van der Waals surface area contributed by atoms with Gasteiger partial charge in [0.1, 0.15) is 23.8 Å². The van der Waals surface area contributed by atoms with Crippen LogP contribution in [0.25, 0.3) is 0 Å². The summed E-state index contributed by atoms with van der Waals surface area (Å²) in [5.41, 5.74) is -1.30. The van der Waals surface area contributed by atoms with E-state index < -0.39 is 65.1 Å². The molecule has 2 saturated heterocycles. The van der Waals surface area contributed by atoms with Crippen LogP contribution in [0.1, 0.15) is 116 Å². The van der Waals surface area contributed by atoms with Gasteiger partial charge in [0.15, 0.2) is 0 Å². The highest BCUT2D eigenvalue weighted by atomic mass is 19.4. The molecule has 9 rings (SSSR count). The first kappa shape index (κ1) is 50.7. The van der Waals surface area contributed by atoms with Gasteiger partial charge in [0, 0.05) is 13.9 Å². The summed E-state index contributed by atoms with van der Waals surface area (Å²) >= 11 is 0. The Hall–Kier alpha value is -5.22. The van der Waals surface area contributed by atoms with Gasteiger partial charge in [0.25, 0.3) is 0 Å². The SMILES string of the molecule is CC.CC(C)(C)NC(=O)N1CC(OC(c2ccc(F)cc2)c2ccccc2C(F)(F)F)C1.CC1CC2CC3CC(NC(=O)N4CC(OC(c5ccc(F)cc5)c5ccccc5C(F)(F)F)C4)(C1)C23.[HH].[HH]. The van der Waals surface area contributed by atoms with Crippen LogP contribution in [0.2, 0.25) is 0 Å². The van der Waals surface area contributed by atoms with Crippen molar-refractivity contribution in [2.45, 2.75) is 115 Å². The molecule has 4 aromatic rings. The highest BCUT2D eigenvalue weighted by Crippen LogP contribution is 2.66. The normalized spacial score (nSPS) is 24.1. The lowest BCUT2D eigenvalue weighted by atomic mass is 9.39. The van der Waals surface area contributed by atoms with Crippen molar-refractivity contribution in [2.75, 3.05) is 26.2 Å². The summed E-state index contributed by atoms with van der Waals surface area (Å²) in [5.74, 6) is 1.72. The van der Waals surface area contributed by atoms with E-state index in [0.29, 0.717) is 36.1 Å². The fourth-order valence-corrected chi connectivity index (χ4v) is 10.7. The molecule has 2 N–H and O–H groups in total. The Balaban J connectivity index is 0.000000249. The fraction of sp³-hybridized carbons (Fsp3) is 0.500. The molecule has 7 atom stereocenters. The maximum Gasteiger partial charge on any atom is 0.416 e. The summed E-state index contributed by atoms with van der Waals surface area (Å²) < 4.78 is 121. The number of carbonyl (C=O) groups is 2. The van der Waals surface area contributed by atoms with Crippen LogP contribution in [0.15, 0.2) is 97.1 Å². The molecule has 68 heavy (non-hydrogen) atoms. The van der Waals surface area contributed by atoms with E-state index in [2.05, 4.69) is 17.6 Å². The molecule has 0 spiro atoms. The molecule has 0 radical (unpaired) electrons. The number of rotatable bonds is 9. The van der Waals surface area contributed by atoms with E-state index in [9.17, 15) is 44.7 Å². The first-order chi connectivity index (χ1) is 32.1. The summed E-state index contributed by atoms with van der Waals surface area (Å²) in [6, 6.07) is 20.6. The molecule has 2 heterocycles. The van der Waals surface area contributed by atoms with Gasteiger partial charge in [-0.1, -0.05) is 81.4 Å². The molecule has 0 aromatic heterocycles. The number of hydrogen-bond donors (Lipinski definition) is 2. The number of urea groups is 2. The number of ether oxygens (including phenoxy) is 2. The molecular weight excluding hydrogens is 897 g/mol. The molecule has 5 aliphatic rings. The van der Waals surface area contributed by atoms with Crippen molar-refractivity contribution < 1.29 is 57.0 Å². The third kappa shape index (κ3) is 11.3. The lowest BCUT2D eigenvalue weighted by molar-refractivity contribution is -0.165. The fourth-order valence-electron chi connectivity index (χ4n) is 10.7. The number of nitrogens with zero attached hydrogens (tertiary/aromatic N) is 2. The monoisotopic (exact) mass is 960 g/mol. The number of amides is 4. The van der Waals surface area contributed by atoms with E-state index in [4.69, 9.17) is 9.47 Å². The smallest absolute Gasteiger partial charge is 0.362 e. The predicted octanol–water partition coefficient (Wildman–Crippen LogP) is 12.8. The lowest BCUT2D eigenvalue weighted by Crippen LogP contribution is -2.75. The number of carbonyl (C=O) groups excluding carboxylic acids is 2. The Bertz CT molecular complexity index is 2370. The second-order valence-corrected chi connectivity index (χ2v) is 19.7. The Morgan fingerprint density at radius 3 is 1.47 bits per heavy atom. The minimum Gasteiger partial charge on any atom is -0.362 e. The molecule has 4 aromatic carbocycles. The molecule has 5 fully saturated rings. The van der Waals surface area contributed by atoms with Crippen molar-refractivity contribution >= 4 is 12.1 Å². The minimum atomic E-state index is -4.56. The van der Waals surface area contributed by atoms with Gasteiger partial charge in [0.05, 0.1) is 49.5 Å². The zero-order valence-electron chi connectivity index (χ0n) is 39.1. The zero-order valence-corrected chi connectivity index (χ0v) is 39.1. The first-order valence-corrected chi connectivity index (χ1v) is 23.3. The molecule has 0 bridgehead atoms. The number of nitrogens with one attached hydrogen (secondary N) is 2. The van der Waals surface area contributed by atoms with Gasteiger partial charge in [-0.05, 0) is 129 Å². The number of hydrogen-bond acceptors (Lipinski definition) is 4. The van der Waals surface area contributed by atoms with Crippen molar-refractivity contribution in [1.29, 1.82) is 0 Å². The molecule has 7 unspecified atom stereocenters. The second-order valence-electron chi connectivity index (χ2n) is 19.7. The van der Waals surface area contributed by atoms with Crippen LogP contribution in [-0.4, -0.2) is 71.3 Å². The number of benzene rings is 4. The van der Waals surface area contributed by atoms with Gasteiger partial charge in [-0.2, -0.15) is 26.3 Å². The quantitative estimate of drug-likeness (QED) is 0.164. The maximum absolute atomic E-state index is 13.8. The summed E-state index contributed by atoms with van der Waals surface area (Å²) in [5, 5.41) is 6.17. The van der Waals surface area contributed by atoms with E-state index in [1.54, 1.807) is 4.90 Å². The number of halogens is 8. The Morgan fingerprint density at radius 2 is 1.06 bits per heavy atom. The topological polar surface area (TPSA) is 83.1 Å². The summed E-state index contributed by atoms with van der Waals surface area (Å²) in [7, 11) is 0. The predicted molar refractivity (Wildman–Crippen MR) is 245 cm³/mol. The summed E-state index contributed by atoms with van der Waals surface area (Å²) in [4.78, 5) is 28.5. The van der Waals surface area contributed by atoms with Crippen molar-refractivity contribution in [1.82, 2.24) is 20.4 Å². The van der Waals surface area contributed by atoms with Crippen molar-refractivity contribution in [3.05, 3.63) is 142 Å². The molecule has 8 nitrogen and oxygen atoms in total. The molecule has 3 aliphatic carbocycles. The second kappa shape index (κ2) is 20.0. The Kier molecular flexibility index (Phi) is 14.9. The minimum absolute atomic E-state index is 0.